The molecule has 6 heteroatoms. The van der Waals surface area contributed by atoms with Crippen molar-refractivity contribution in [3.8, 4) is 11.5 Å². The highest BCUT2D eigenvalue weighted by atomic mass is 16.4. The smallest absolute Gasteiger partial charge is 0.322 e. The van der Waals surface area contributed by atoms with E-state index in [1.807, 2.05) is 19.1 Å². The van der Waals surface area contributed by atoms with E-state index in [-0.39, 0.29) is 11.9 Å². The number of rotatable bonds is 3. The summed E-state index contributed by atoms with van der Waals surface area (Å²) in [5.74, 6) is 0.0127. The lowest BCUT2D eigenvalue weighted by atomic mass is 10.1. The quantitative estimate of drug-likeness (QED) is 0.797. The molecule has 3 rings (SSSR count). The maximum absolute atomic E-state index is 12.0. The molecule has 0 aliphatic rings. The van der Waals surface area contributed by atoms with Crippen LogP contribution in [0.25, 0.3) is 11.5 Å². The average Bonchev–Trinajstić information content (AvgIpc) is 2.97. The highest BCUT2D eigenvalue weighted by Gasteiger charge is 2.12. The second-order valence-corrected chi connectivity index (χ2v) is 4.47. The van der Waals surface area contributed by atoms with Crippen LogP contribution in [0.5, 0.6) is 0 Å². The van der Waals surface area contributed by atoms with Gasteiger partial charge in [0.1, 0.15) is 0 Å². The molecule has 0 saturated heterocycles. The number of hydrogen-bond acceptors (Lipinski definition) is 5. The molecule has 21 heavy (non-hydrogen) atoms. The fourth-order valence-corrected chi connectivity index (χ4v) is 1.75. The molecule has 0 bridgehead atoms. The van der Waals surface area contributed by atoms with Gasteiger partial charge in [0.05, 0.1) is 5.56 Å². The molecule has 0 spiro atoms. The lowest BCUT2D eigenvalue weighted by molar-refractivity contribution is 0.102. The third-order valence-electron chi connectivity index (χ3n) is 2.87. The Labute approximate surface area is 120 Å². The molecule has 104 valence electrons. The van der Waals surface area contributed by atoms with Crippen LogP contribution in [0.2, 0.25) is 0 Å². The zero-order chi connectivity index (χ0) is 14.7. The largest absolute Gasteiger partial charge is 0.403 e. The van der Waals surface area contributed by atoms with Gasteiger partial charge < -0.3 is 4.42 Å². The van der Waals surface area contributed by atoms with E-state index in [0.717, 1.165) is 5.56 Å². The molecular weight excluding hydrogens is 268 g/mol. The Balaban J connectivity index is 1.75. The van der Waals surface area contributed by atoms with E-state index in [1.54, 1.807) is 36.7 Å². The van der Waals surface area contributed by atoms with Crippen LogP contribution in [0.4, 0.5) is 6.01 Å². The van der Waals surface area contributed by atoms with Crippen LogP contribution in [0.3, 0.4) is 0 Å². The summed E-state index contributed by atoms with van der Waals surface area (Å²) in [6, 6.07) is 10.8. The van der Waals surface area contributed by atoms with Crippen LogP contribution in [0.1, 0.15) is 15.9 Å². The summed E-state index contributed by atoms with van der Waals surface area (Å²) in [6.07, 6.45) is 3.26. The molecule has 0 fully saturated rings. The van der Waals surface area contributed by atoms with E-state index in [1.165, 1.54) is 0 Å². The van der Waals surface area contributed by atoms with Gasteiger partial charge in [0.15, 0.2) is 0 Å². The number of hydrogen-bond donors (Lipinski definition) is 1. The van der Waals surface area contributed by atoms with Crippen molar-refractivity contribution < 1.29 is 9.21 Å². The fourth-order valence-electron chi connectivity index (χ4n) is 1.75. The Hall–Kier alpha value is -3.02. The number of pyridine rings is 1. The zero-order valence-electron chi connectivity index (χ0n) is 11.3. The van der Waals surface area contributed by atoms with E-state index >= 15 is 0 Å². The first kappa shape index (κ1) is 13.0. The molecule has 6 nitrogen and oxygen atoms in total. The summed E-state index contributed by atoms with van der Waals surface area (Å²) in [7, 11) is 0. The lowest BCUT2D eigenvalue weighted by Crippen LogP contribution is -2.11. The number of nitrogens with zero attached hydrogens (tertiary/aromatic N) is 3. The van der Waals surface area contributed by atoms with Gasteiger partial charge in [0.25, 0.3) is 11.8 Å². The highest BCUT2D eigenvalue weighted by Crippen LogP contribution is 2.18. The first-order chi connectivity index (χ1) is 10.2. The van der Waals surface area contributed by atoms with E-state index in [9.17, 15) is 4.79 Å². The molecule has 0 aliphatic carbocycles. The van der Waals surface area contributed by atoms with Gasteiger partial charge in [-0.05, 0) is 31.2 Å². The molecule has 0 aliphatic heterocycles. The molecule has 2 aromatic heterocycles. The molecule has 0 saturated carbocycles. The summed E-state index contributed by atoms with van der Waals surface area (Å²) < 4.78 is 5.39. The third kappa shape index (κ3) is 2.94. The van der Waals surface area contributed by atoms with Crippen molar-refractivity contribution in [1.29, 1.82) is 0 Å². The van der Waals surface area contributed by atoms with Crippen LogP contribution < -0.4 is 5.32 Å². The monoisotopic (exact) mass is 280 g/mol. The predicted octanol–water partition coefficient (Wildman–Crippen LogP) is 2.69. The third-order valence-corrected chi connectivity index (χ3v) is 2.87. The number of carbonyl (C=O) groups is 1. The second-order valence-electron chi connectivity index (χ2n) is 4.47. The molecule has 0 unspecified atom stereocenters. The predicted molar refractivity (Wildman–Crippen MR) is 76.7 cm³/mol. The highest BCUT2D eigenvalue weighted by molar-refractivity contribution is 6.03. The van der Waals surface area contributed by atoms with Crippen molar-refractivity contribution in [3.63, 3.8) is 0 Å². The first-order valence-electron chi connectivity index (χ1n) is 6.34. The van der Waals surface area contributed by atoms with Crippen LogP contribution in [0, 0.1) is 6.92 Å². The fraction of sp³-hybridized carbons (Fsp3) is 0.0667. The molecular formula is C15H12N4O2. The van der Waals surface area contributed by atoms with Gasteiger partial charge in [-0.15, -0.1) is 5.10 Å². The summed E-state index contributed by atoms with van der Waals surface area (Å²) in [5.41, 5.74) is 2.31. The van der Waals surface area contributed by atoms with E-state index in [4.69, 9.17) is 4.42 Å². The normalized spacial score (nSPS) is 10.3. The van der Waals surface area contributed by atoms with Crippen molar-refractivity contribution in [2.75, 3.05) is 5.32 Å². The minimum atomic E-state index is -0.295. The molecule has 1 N–H and O–H groups in total. The summed E-state index contributed by atoms with van der Waals surface area (Å²) in [5, 5.41) is 10.2. The number of benzene rings is 1. The second kappa shape index (κ2) is 5.54. The topological polar surface area (TPSA) is 80.9 Å². The molecule has 3 aromatic rings. The number of anilines is 1. The number of aromatic nitrogens is 3. The summed E-state index contributed by atoms with van der Waals surface area (Å²) in [4.78, 5) is 16.0. The summed E-state index contributed by atoms with van der Waals surface area (Å²) in [6.45, 7) is 1.96. The van der Waals surface area contributed by atoms with Crippen LogP contribution >= 0.6 is 0 Å². The SMILES string of the molecule is Cc1ccc(C(=O)Nc2nnc(-c3cccnc3)o2)cc1. The standard InChI is InChI=1S/C15H12N4O2/c1-10-4-6-11(7-5-10)13(20)17-15-19-18-14(21-15)12-3-2-8-16-9-12/h2-9H,1H3,(H,17,19,20). The van der Waals surface area contributed by atoms with Crippen LogP contribution in [-0.2, 0) is 0 Å². The van der Waals surface area contributed by atoms with Gasteiger partial charge in [-0.2, -0.15) is 0 Å². The molecule has 0 radical (unpaired) electrons. The van der Waals surface area contributed by atoms with Gasteiger partial charge in [0, 0.05) is 18.0 Å². The molecule has 1 aromatic carbocycles. The van der Waals surface area contributed by atoms with Crippen molar-refractivity contribution in [3.05, 3.63) is 59.9 Å². The van der Waals surface area contributed by atoms with Gasteiger partial charge in [-0.3, -0.25) is 15.1 Å². The van der Waals surface area contributed by atoms with Gasteiger partial charge in [-0.25, -0.2) is 0 Å². The van der Waals surface area contributed by atoms with Crippen molar-refractivity contribution >= 4 is 11.9 Å². The zero-order valence-corrected chi connectivity index (χ0v) is 11.3. The maximum Gasteiger partial charge on any atom is 0.322 e. The van der Waals surface area contributed by atoms with Crippen molar-refractivity contribution in [2.45, 2.75) is 6.92 Å². The van der Waals surface area contributed by atoms with E-state index < -0.39 is 0 Å². The molecule has 0 atom stereocenters. The van der Waals surface area contributed by atoms with Gasteiger partial charge in [0.2, 0.25) is 0 Å². The summed E-state index contributed by atoms with van der Waals surface area (Å²) >= 11 is 0. The Morgan fingerprint density at radius 2 is 1.95 bits per heavy atom. The Morgan fingerprint density at radius 3 is 2.67 bits per heavy atom. The van der Waals surface area contributed by atoms with Crippen molar-refractivity contribution in [1.82, 2.24) is 15.2 Å². The van der Waals surface area contributed by atoms with E-state index in [0.29, 0.717) is 17.0 Å². The number of amides is 1. The van der Waals surface area contributed by atoms with Gasteiger partial charge in [-0.1, -0.05) is 22.8 Å². The number of nitrogens with one attached hydrogen (secondary N) is 1. The lowest BCUT2D eigenvalue weighted by Gasteiger charge is -2.00. The first-order valence-corrected chi connectivity index (χ1v) is 6.34. The molecule has 2 heterocycles. The van der Waals surface area contributed by atoms with Crippen LogP contribution in [-0.4, -0.2) is 21.1 Å². The van der Waals surface area contributed by atoms with Crippen LogP contribution in [0.15, 0.2) is 53.2 Å². The van der Waals surface area contributed by atoms with E-state index in [2.05, 4.69) is 20.5 Å². The van der Waals surface area contributed by atoms with Gasteiger partial charge >= 0.3 is 6.01 Å². The minimum Gasteiger partial charge on any atom is -0.403 e. The Morgan fingerprint density at radius 1 is 1.14 bits per heavy atom. The Bertz CT molecular complexity index is 751. The molecule has 1 amide bonds. The minimum absolute atomic E-state index is 0.0550. The maximum atomic E-state index is 12.0. The average molecular weight is 280 g/mol. The number of carbonyl (C=O) groups excluding carboxylic acids is 1. The number of aryl methyl sites for hydroxylation is 1. The van der Waals surface area contributed by atoms with Crippen molar-refractivity contribution in [2.24, 2.45) is 0 Å². The Kier molecular flexibility index (Phi) is 3.42.